The predicted molar refractivity (Wildman–Crippen MR) is 115 cm³/mol. The molecule has 0 bridgehead atoms. The maximum Gasteiger partial charge on any atom is 0.417 e. The normalized spacial score (nSPS) is 11.2. The first kappa shape index (κ1) is 22.2. The van der Waals surface area contributed by atoms with Crippen molar-refractivity contribution in [2.45, 2.75) is 17.6 Å². The van der Waals surface area contributed by atoms with Crippen LogP contribution in [0.3, 0.4) is 0 Å². The van der Waals surface area contributed by atoms with Gasteiger partial charge in [0.1, 0.15) is 16.8 Å². The van der Waals surface area contributed by atoms with Crippen LogP contribution in [0.2, 0.25) is 0 Å². The van der Waals surface area contributed by atoms with Gasteiger partial charge >= 0.3 is 6.18 Å². The van der Waals surface area contributed by atoms with Crippen LogP contribution in [0.1, 0.15) is 16.7 Å². The Morgan fingerprint density at radius 2 is 1.77 bits per heavy atom. The number of pyridine rings is 1. The van der Waals surface area contributed by atoms with Crippen molar-refractivity contribution in [1.82, 2.24) is 4.98 Å². The van der Waals surface area contributed by atoms with E-state index >= 15 is 0 Å². The van der Waals surface area contributed by atoms with Gasteiger partial charge in [0.25, 0.3) is 0 Å². The number of methoxy groups -OCH3 is 1. The highest BCUT2D eigenvalue weighted by Crippen LogP contribution is 2.38. The van der Waals surface area contributed by atoms with Gasteiger partial charge in [0.05, 0.1) is 23.9 Å². The molecule has 0 amide bonds. The molecule has 1 heterocycles. The molecule has 2 aromatic carbocycles. The molecule has 0 fully saturated rings. The smallest absolute Gasteiger partial charge is 0.417 e. The number of benzene rings is 2. The lowest BCUT2D eigenvalue weighted by Crippen LogP contribution is -2.10. The van der Waals surface area contributed by atoms with Gasteiger partial charge in [-0.15, -0.1) is 11.8 Å². The monoisotopic (exact) mass is 492 g/mol. The van der Waals surface area contributed by atoms with Crippen LogP contribution < -0.4 is 4.74 Å². The second kappa shape index (κ2) is 9.54. The number of alkyl halides is 3. The summed E-state index contributed by atoms with van der Waals surface area (Å²) in [7, 11) is 1.58. The number of hydrogen-bond acceptors (Lipinski definition) is 4. The molecule has 0 aliphatic carbocycles. The van der Waals surface area contributed by atoms with Crippen LogP contribution in [0.5, 0.6) is 5.75 Å². The quantitative estimate of drug-likeness (QED) is 0.357. The molecule has 30 heavy (non-hydrogen) atoms. The summed E-state index contributed by atoms with van der Waals surface area (Å²) < 4.78 is 46.8. The van der Waals surface area contributed by atoms with Crippen molar-refractivity contribution in [2.24, 2.45) is 0 Å². The maximum absolute atomic E-state index is 13.6. The molecule has 0 spiro atoms. The average Bonchev–Trinajstić information content (AvgIpc) is 2.73. The van der Waals surface area contributed by atoms with E-state index in [0.29, 0.717) is 17.7 Å². The van der Waals surface area contributed by atoms with Crippen molar-refractivity contribution in [1.29, 1.82) is 5.26 Å². The van der Waals surface area contributed by atoms with E-state index < -0.39 is 17.3 Å². The first-order valence-corrected chi connectivity index (χ1v) is 10.6. The molecule has 0 N–H and O–H groups in total. The molecule has 0 saturated heterocycles. The Labute approximate surface area is 185 Å². The largest absolute Gasteiger partial charge is 0.497 e. The van der Waals surface area contributed by atoms with Gasteiger partial charge < -0.3 is 4.74 Å². The van der Waals surface area contributed by atoms with Crippen molar-refractivity contribution < 1.29 is 17.9 Å². The number of nitrogens with zero attached hydrogens (tertiary/aromatic N) is 2. The third-order valence-corrected chi connectivity index (χ3v) is 5.84. The van der Waals surface area contributed by atoms with E-state index in [9.17, 15) is 18.4 Å². The Morgan fingerprint density at radius 3 is 2.33 bits per heavy atom. The zero-order chi connectivity index (χ0) is 21.7. The predicted octanol–water partition coefficient (Wildman–Crippen LogP) is 6.74. The number of aryl methyl sites for hydroxylation is 1. The number of thioether (sulfide) groups is 1. The highest BCUT2D eigenvalue weighted by molar-refractivity contribution is 9.10. The molecule has 0 atom stereocenters. The summed E-state index contributed by atoms with van der Waals surface area (Å²) in [5.74, 6) is 1.21. The first-order valence-electron chi connectivity index (χ1n) is 8.86. The van der Waals surface area contributed by atoms with Gasteiger partial charge in [-0.1, -0.05) is 40.2 Å². The summed E-state index contributed by atoms with van der Waals surface area (Å²) in [5.41, 5.74) is 0.334. The number of aromatic nitrogens is 1. The lowest BCUT2D eigenvalue weighted by molar-refractivity contribution is -0.138. The van der Waals surface area contributed by atoms with Crippen LogP contribution in [0.15, 0.2) is 64.1 Å². The van der Waals surface area contributed by atoms with E-state index in [1.807, 2.05) is 24.3 Å². The SMILES string of the molecule is COc1ccc(CCSc2nc(-c3ccc(Br)cc3)cc(C(F)(F)F)c2C#N)cc1. The number of rotatable bonds is 6. The minimum absolute atomic E-state index is 0.0822. The van der Waals surface area contributed by atoms with Crippen molar-refractivity contribution >= 4 is 27.7 Å². The van der Waals surface area contributed by atoms with Crippen LogP contribution in [-0.2, 0) is 12.6 Å². The van der Waals surface area contributed by atoms with E-state index in [0.717, 1.165) is 33.6 Å². The Hall–Kier alpha value is -2.50. The van der Waals surface area contributed by atoms with Gasteiger partial charge in [0, 0.05) is 15.8 Å². The zero-order valence-electron chi connectivity index (χ0n) is 15.8. The van der Waals surface area contributed by atoms with Gasteiger partial charge in [0.15, 0.2) is 0 Å². The van der Waals surface area contributed by atoms with Crippen molar-refractivity contribution in [2.75, 3.05) is 12.9 Å². The summed E-state index contributed by atoms with van der Waals surface area (Å²) >= 11 is 4.46. The standard InChI is InChI=1S/C22H16BrF3N2OS/c1-29-17-8-2-14(3-9-17)10-11-30-21-18(13-27)19(22(24,25)26)12-20(28-21)15-4-6-16(23)7-5-15/h2-9,12H,10-11H2,1H3. The number of hydrogen-bond donors (Lipinski definition) is 0. The molecule has 0 aliphatic rings. The fraction of sp³-hybridized carbons (Fsp3) is 0.182. The molecule has 0 saturated carbocycles. The molecule has 0 aliphatic heterocycles. The summed E-state index contributed by atoms with van der Waals surface area (Å²) in [6.45, 7) is 0. The number of halogens is 4. The summed E-state index contributed by atoms with van der Waals surface area (Å²) in [5, 5.41) is 9.49. The van der Waals surface area contributed by atoms with Crippen LogP contribution in [0, 0.1) is 11.3 Å². The molecule has 0 radical (unpaired) electrons. The average molecular weight is 493 g/mol. The molecule has 1 aromatic heterocycles. The summed E-state index contributed by atoms with van der Waals surface area (Å²) in [4.78, 5) is 4.38. The van der Waals surface area contributed by atoms with Crippen molar-refractivity contribution in [3.8, 4) is 23.1 Å². The second-order valence-electron chi connectivity index (χ2n) is 6.30. The van der Waals surface area contributed by atoms with Crippen LogP contribution in [0.4, 0.5) is 13.2 Å². The highest BCUT2D eigenvalue weighted by Gasteiger charge is 2.36. The fourth-order valence-corrected chi connectivity index (χ4v) is 4.04. The third kappa shape index (κ3) is 5.35. The van der Waals surface area contributed by atoms with Gasteiger partial charge in [-0.3, -0.25) is 0 Å². The van der Waals surface area contributed by atoms with E-state index in [2.05, 4.69) is 20.9 Å². The third-order valence-electron chi connectivity index (χ3n) is 4.33. The van der Waals surface area contributed by atoms with Gasteiger partial charge in [-0.05, 0) is 42.3 Å². The lowest BCUT2D eigenvalue weighted by atomic mass is 10.1. The van der Waals surface area contributed by atoms with Gasteiger partial charge in [0.2, 0.25) is 0 Å². The molecule has 3 nitrogen and oxygen atoms in total. The van der Waals surface area contributed by atoms with Crippen LogP contribution in [0.25, 0.3) is 11.3 Å². The van der Waals surface area contributed by atoms with E-state index in [1.165, 1.54) is 0 Å². The Balaban J connectivity index is 1.91. The summed E-state index contributed by atoms with van der Waals surface area (Å²) in [6.07, 6.45) is -4.03. The first-order chi connectivity index (χ1) is 14.3. The van der Waals surface area contributed by atoms with E-state index in [-0.39, 0.29) is 10.7 Å². The Bertz CT molecular complexity index is 1060. The second-order valence-corrected chi connectivity index (χ2v) is 8.30. The minimum atomic E-state index is -4.65. The molecule has 8 heteroatoms. The van der Waals surface area contributed by atoms with Crippen molar-refractivity contribution in [3.05, 3.63) is 75.8 Å². The molecule has 3 aromatic rings. The highest BCUT2D eigenvalue weighted by atomic mass is 79.9. The molecular weight excluding hydrogens is 477 g/mol. The number of ether oxygens (including phenoxy) is 1. The molecule has 3 rings (SSSR count). The number of nitriles is 1. The maximum atomic E-state index is 13.6. The van der Waals surface area contributed by atoms with Crippen molar-refractivity contribution in [3.63, 3.8) is 0 Å². The lowest BCUT2D eigenvalue weighted by Gasteiger charge is -2.14. The fourth-order valence-electron chi connectivity index (χ4n) is 2.78. The van der Waals surface area contributed by atoms with Gasteiger partial charge in [-0.25, -0.2) is 4.98 Å². The van der Waals surface area contributed by atoms with Gasteiger partial charge in [-0.2, -0.15) is 18.4 Å². The van der Waals surface area contributed by atoms with E-state index in [1.54, 1.807) is 37.4 Å². The molecular formula is C22H16BrF3N2OS. The summed E-state index contributed by atoms with van der Waals surface area (Å²) in [6, 6.07) is 16.9. The Morgan fingerprint density at radius 1 is 1.10 bits per heavy atom. The zero-order valence-corrected chi connectivity index (χ0v) is 18.2. The Kier molecular flexibility index (Phi) is 7.06. The van der Waals surface area contributed by atoms with E-state index in [4.69, 9.17) is 4.74 Å². The van der Waals surface area contributed by atoms with Crippen LogP contribution in [-0.4, -0.2) is 17.8 Å². The molecule has 0 unspecified atom stereocenters. The molecule has 154 valence electrons. The minimum Gasteiger partial charge on any atom is -0.497 e. The topological polar surface area (TPSA) is 45.9 Å². The van der Waals surface area contributed by atoms with Crippen LogP contribution >= 0.6 is 27.7 Å².